The molecule has 2 heteroatoms. The molecule has 1 aromatic heterocycles. The molecule has 0 saturated heterocycles. The standard InChI is InChI=1S/C16H14N2/c1-13-8-9-15(18-11-5-10-17-18)12-16(13)14-6-3-2-4-7-14/h2-12H,1H3. The van der Waals surface area contributed by atoms with Crippen LogP contribution in [-0.4, -0.2) is 9.78 Å². The summed E-state index contributed by atoms with van der Waals surface area (Å²) in [6.45, 7) is 2.13. The van der Waals surface area contributed by atoms with Gasteiger partial charge in [0.2, 0.25) is 0 Å². The normalized spacial score (nSPS) is 10.5. The fourth-order valence-corrected chi connectivity index (χ4v) is 2.10. The van der Waals surface area contributed by atoms with Gasteiger partial charge < -0.3 is 0 Å². The Bertz CT molecular complexity index is 640. The van der Waals surface area contributed by atoms with Gasteiger partial charge in [-0.15, -0.1) is 0 Å². The van der Waals surface area contributed by atoms with E-state index in [0.29, 0.717) is 0 Å². The summed E-state index contributed by atoms with van der Waals surface area (Å²) >= 11 is 0. The molecule has 0 bridgehead atoms. The second-order valence-corrected chi connectivity index (χ2v) is 4.32. The van der Waals surface area contributed by atoms with Crippen molar-refractivity contribution in [3.05, 3.63) is 72.6 Å². The van der Waals surface area contributed by atoms with Crippen molar-refractivity contribution >= 4 is 0 Å². The van der Waals surface area contributed by atoms with Crippen LogP contribution in [0.25, 0.3) is 16.8 Å². The van der Waals surface area contributed by atoms with Gasteiger partial charge in [-0.2, -0.15) is 5.10 Å². The van der Waals surface area contributed by atoms with Crippen LogP contribution >= 0.6 is 0 Å². The van der Waals surface area contributed by atoms with E-state index in [1.54, 1.807) is 6.20 Å². The van der Waals surface area contributed by atoms with Crippen molar-refractivity contribution in [3.8, 4) is 16.8 Å². The maximum Gasteiger partial charge on any atom is 0.0651 e. The van der Waals surface area contributed by atoms with Crippen LogP contribution < -0.4 is 0 Å². The molecule has 0 atom stereocenters. The molecule has 2 aromatic carbocycles. The van der Waals surface area contributed by atoms with Crippen molar-refractivity contribution in [3.63, 3.8) is 0 Å². The Morgan fingerprint density at radius 3 is 2.50 bits per heavy atom. The number of hydrogen-bond donors (Lipinski definition) is 0. The lowest BCUT2D eigenvalue weighted by Crippen LogP contribution is -1.95. The van der Waals surface area contributed by atoms with E-state index in [-0.39, 0.29) is 0 Å². The van der Waals surface area contributed by atoms with Crippen molar-refractivity contribution in [1.29, 1.82) is 0 Å². The van der Waals surface area contributed by atoms with Gasteiger partial charge >= 0.3 is 0 Å². The first kappa shape index (κ1) is 10.8. The van der Waals surface area contributed by atoms with Gasteiger partial charge in [-0.3, -0.25) is 0 Å². The molecule has 1 heterocycles. The monoisotopic (exact) mass is 234 g/mol. The highest BCUT2D eigenvalue weighted by atomic mass is 15.3. The summed E-state index contributed by atoms with van der Waals surface area (Å²) in [5.41, 5.74) is 4.86. The van der Waals surface area contributed by atoms with Crippen LogP contribution in [0.15, 0.2) is 67.0 Å². The Kier molecular flexibility index (Phi) is 2.69. The quantitative estimate of drug-likeness (QED) is 0.658. The molecule has 0 amide bonds. The highest BCUT2D eigenvalue weighted by Crippen LogP contribution is 2.25. The number of rotatable bonds is 2. The molecule has 0 fully saturated rings. The molecule has 0 aliphatic carbocycles. The van der Waals surface area contributed by atoms with E-state index in [1.165, 1.54) is 16.7 Å². The maximum atomic E-state index is 4.27. The van der Waals surface area contributed by atoms with Gasteiger partial charge in [0.15, 0.2) is 0 Å². The fourth-order valence-electron chi connectivity index (χ4n) is 2.10. The predicted octanol–water partition coefficient (Wildman–Crippen LogP) is 3.85. The molecule has 18 heavy (non-hydrogen) atoms. The summed E-state index contributed by atoms with van der Waals surface area (Å²) in [5.74, 6) is 0. The summed E-state index contributed by atoms with van der Waals surface area (Å²) in [6, 6.07) is 18.8. The van der Waals surface area contributed by atoms with E-state index in [9.17, 15) is 0 Å². The summed E-state index contributed by atoms with van der Waals surface area (Å²) in [7, 11) is 0. The largest absolute Gasteiger partial charge is 0.241 e. The highest BCUT2D eigenvalue weighted by molar-refractivity contribution is 5.69. The van der Waals surface area contributed by atoms with E-state index in [2.05, 4.69) is 54.5 Å². The summed E-state index contributed by atoms with van der Waals surface area (Å²) in [5, 5.41) is 4.27. The van der Waals surface area contributed by atoms with E-state index < -0.39 is 0 Å². The molecule has 2 nitrogen and oxygen atoms in total. The van der Waals surface area contributed by atoms with E-state index in [1.807, 2.05) is 23.0 Å². The first-order chi connectivity index (χ1) is 8.84. The average molecular weight is 234 g/mol. The Balaban J connectivity index is 2.13. The lowest BCUT2D eigenvalue weighted by Gasteiger charge is -2.09. The molecule has 0 unspecified atom stereocenters. The lowest BCUT2D eigenvalue weighted by molar-refractivity contribution is 0.880. The van der Waals surface area contributed by atoms with E-state index in [4.69, 9.17) is 0 Å². The minimum Gasteiger partial charge on any atom is -0.241 e. The van der Waals surface area contributed by atoms with Crippen molar-refractivity contribution < 1.29 is 0 Å². The van der Waals surface area contributed by atoms with Crippen LogP contribution in [0.5, 0.6) is 0 Å². The van der Waals surface area contributed by atoms with Gasteiger partial charge in [-0.1, -0.05) is 36.4 Å². The molecule has 0 N–H and O–H groups in total. The van der Waals surface area contributed by atoms with Crippen molar-refractivity contribution in [1.82, 2.24) is 9.78 Å². The third-order valence-corrected chi connectivity index (χ3v) is 3.07. The first-order valence-electron chi connectivity index (χ1n) is 6.01. The van der Waals surface area contributed by atoms with Crippen LogP contribution in [-0.2, 0) is 0 Å². The molecule has 0 spiro atoms. The van der Waals surface area contributed by atoms with Gasteiger partial charge in [0, 0.05) is 12.4 Å². The molecule has 3 rings (SSSR count). The summed E-state index contributed by atoms with van der Waals surface area (Å²) < 4.78 is 1.88. The third-order valence-electron chi connectivity index (χ3n) is 3.07. The predicted molar refractivity (Wildman–Crippen MR) is 73.7 cm³/mol. The molecule has 0 aliphatic heterocycles. The maximum absolute atomic E-state index is 4.27. The zero-order valence-corrected chi connectivity index (χ0v) is 10.2. The molecule has 0 radical (unpaired) electrons. The molecule has 0 saturated carbocycles. The zero-order chi connectivity index (χ0) is 12.4. The Hall–Kier alpha value is -2.35. The molecular formula is C16H14N2. The smallest absolute Gasteiger partial charge is 0.0651 e. The first-order valence-corrected chi connectivity index (χ1v) is 6.01. The number of nitrogens with zero attached hydrogens (tertiary/aromatic N) is 2. The van der Waals surface area contributed by atoms with Crippen LogP contribution in [0.1, 0.15) is 5.56 Å². The van der Waals surface area contributed by atoms with E-state index in [0.717, 1.165) is 5.69 Å². The average Bonchev–Trinajstić information content (AvgIpc) is 2.94. The Morgan fingerprint density at radius 2 is 1.78 bits per heavy atom. The van der Waals surface area contributed by atoms with Gasteiger partial charge in [0.25, 0.3) is 0 Å². The van der Waals surface area contributed by atoms with Crippen LogP contribution in [0.3, 0.4) is 0 Å². The van der Waals surface area contributed by atoms with Crippen LogP contribution in [0, 0.1) is 6.92 Å². The molecule has 88 valence electrons. The molecule has 0 aliphatic rings. The number of aromatic nitrogens is 2. The SMILES string of the molecule is Cc1ccc(-n2cccn2)cc1-c1ccccc1. The van der Waals surface area contributed by atoms with Crippen molar-refractivity contribution in [2.45, 2.75) is 6.92 Å². The van der Waals surface area contributed by atoms with Crippen LogP contribution in [0.2, 0.25) is 0 Å². The van der Waals surface area contributed by atoms with Gasteiger partial charge in [0.1, 0.15) is 0 Å². The van der Waals surface area contributed by atoms with Gasteiger partial charge in [0.05, 0.1) is 5.69 Å². The summed E-state index contributed by atoms with van der Waals surface area (Å²) in [4.78, 5) is 0. The van der Waals surface area contributed by atoms with Crippen molar-refractivity contribution in [2.24, 2.45) is 0 Å². The molecular weight excluding hydrogens is 220 g/mol. The summed E-state index contributed by atoms with van der Waals surface area (Å²) in [6.07, 6.45) is 3.75. The highest BCUT2D eigenvalue weighted by Gasteiger charge is 2.04. The number of benzene rings is 2. The third kappa shape index (κ3) is 1.93. The van der Waals surface area contributed by atoms with Crippen molar-refractivity contribution in [2.75, 3.05) is 0 Å². The fraction of sp³-hybridized carbons (Fsp3) is 0.0625. The van der Waals surface area contributed by atoms with Gasteiger partial charge in [-0.05, 0) is 41.8 Å². The lowest BCUT2D eigenvalue weighted by atomic mass is 10.00. The number of aryl methyl sites for hydroxylation is 1. The van der Waals surface area contributed by atoms with Gasteiger partial charge in [-0.25, -0.2) is 4.68 Å². The molecule has 3 aromatic rings. The zero-order valence-electron chi connectivity index (χ0n) is 10.2. The topological polar surface area (TPSA) is 17.8 Å². The number of hydrogen-bond acceptors (Lipinski definition) is 1. The Morgan fingerprint density at radius 1 is 0.944 bits per heavy atom. The Labute approximate surface area is 107 Å². The van der Waals surface area contributed by atoms with E-state index >= 15 is 0 Å². The second kappa shape index (κ2) is 4.49. The minimum absolute atomic E-state index is 1.09. The van der Waals surface area contributed by atoms with Crippen LogP contribution in [0.4, 0.5) is 0 Å². The minimum atomic E-state index is 1.09. The second-order valence-electron chi connectivity index (χ2n) is 4.32.